The zero-order chi connectivity index (χ0) is 25.1. The lowest BCUT2D eigenvalue weighted by atomic mass is 10.1. The zero-order valence-electron chi connectivity index (χ0n) is 17.6. The van der Waals surface area contributed by atoms with Gasteiger partial charge in [-0.05, 0) is 19.1 Å². The summed E-state index contributed by atoms with van der Waals surface area (Å²) >= 11 is 0. The van der Waals surface area contributed by atoms with Gasteiger partial charge in [-0.15, -0.1) is 0 Å². The average Bonchev–Trinajstić information content (AvgIpc) is 3.08. The maximum absolute atomic E-state index is 14.6. The minimum absolute atomic E-state index is 0.0202. The van der Waals surface area contributed by atoms with E-state index < -0.39 is 48.4 Å². The molecule has 8 nitrogen and oxygen atoms in total. The van der Waals surface area contributed by atoms with Gasteiger partial charge in [0.2, 0.25) is 5.95 Å². The second-order valence-electron chi connectivity index (χ2n) is 7.35. The van der Waals surface area contributed by atoms with Crippen molar-refractivity contribution in [2.24, 2.45) is 5.10 Å². The van der Waals surface area contributed by atoms with Crippen LogP contribution in [0.3, 0.4) is 0 Å². The zero-order valence-corrected chi connectivity index (χ0v) is 17.6. The van der Waals surface area contributed by atoms with Crippen molar-refractivity contribution >= 4 is 30.0 Å². The molecular weight excluding hydrogens is 468 g/mol. The van der Waals surface area contributed by atoms with E-state index in [2.05, 4.69) is 25.8 Å². The maximum Gasteiger partial charge on any atom is 0.419 e. The van der Waals surface area contributed by atoms with Crippen molar-refractivity contribution in [3.05, 3.63) is 47.0 Å². The predicted molar refractivity (Wildman–Crippen MR) is 112 cm³/mol. The first-order valence-electron chi connectivity index (χ1n) is 9.85. The third kappa shape index (κ3) is 5.26. The summed E-state index contributed by atoms with van der Waals surface area (Å²) in [6, 6.07) is 0.479. The molecule has 1 aliphatic rings. The minimum atomic E-state index is -4.65. The van der Waals surface area contributed by atoms with E-state index >= 15 is 0 Å². The summed E-state index contributed by atoms with van der Waals surface area (Å²) in [4.78, 5) is 21.0. The number of carbonyl (C=O) groups is 1. The number of nitrogens with zero attached hydrogens (tertiary/aromatic N) is 4. The molecule has 0 radical (unpaired) electrons. The van der Waals surface area contributed by atoms with Crippen molar-refractivity contribution < 1.29 is 31.1 Å². The lowest BCUT2D eigenvalue weighted by molar-refractivity contribution is -0.138. The largest absolute Gasteiger partial charge is 0.419 e. The predicted octanol–water partition coefficient (Wildman–Crippen LogP) is 3.95. The molecule has 1 saturated heterocycles. The summed E-state index contributed by atoms with van der Waals surface area (Å²) in [6.45, 7) is 0.513. The Kier molecular flexibility index (Phi) is 7.07. The number of anilines is 2. The molecule has 1 amide bonds. The van der Waals surface area contributed by atoms with Crippen LogP contribution in [0, 0.1) is 18.2 Å². The Hall–Kier alpha value is -3.71. The number of aromatic nitrogens is 2. The fourth-order valence-electron chi connectivity index (χ4n) is 3.38. The normalized spacial score (nSPS) is 17.7. The van der Waals surface area contributed by atoms with Gasteiger partial charge >= 0.3 is 6.18 Å². The average molecular weight is 487 g/mol. The van der Waals surface area contributed by atoms with Crippen molar-refractivity contribution in [3.63, 3.8) is 0 Å². The molecule has 1 aromatic heterocycles. The number of hydrazone groups is 1. The third-order valence-corrected chi connectivity index (χ3v) is 5.20. The molecule has 0 aliphatic carbocycles. The molecule has 34 heavy (non-hydrogen) atoms. The molecule has 0 unspecified atom stereocenters. The van der Waals surface area contributed by atoms with Crippen LogP contribution in [-0.4, -0.2) is 58.3 Å². The maximum atomic E-state index is 14.6. The highest BCUT2D eigenvalue weighted by Crippen LogP contribution is 2.36. The van der Waals surface area contributed by atoms with Gasteiger partial charge in [-0.2, -0.15) is 18.3 Å². The summed E-state index contributed by atoms with van der Waals surface area (Å²) in [5, 5.41) is 13.1. The highest BCUT2D eigenvalue weighted by atomic mass is 19.4. The van der Waals surface area contributed by atoms with Crippen LogP contribution in [0.1, 0.15) is 27.9 Å². The van der Waals surface area contributed by atoms with Crippen molar-refractivity contribution in [1.82, 2.24) is 14.9 Å². The molecule has 182 valence electrons. The van der Waals surface area contributed by atoms with Crippen LogP contribution in [0.25, 0.3) is 0 Å². The second kappa shape index (κ2) is 9.65. The molecule has 2 aromatic rings. The van der Waals surface area contributed by atoms with Gasteiger partial charge in [0.15, 0.2) is 0 Å². The summed E-state index contributed by atoms with van der Waals surface area (Å²) in [6.07, 6.45) is -2.39. The number of carbonyl (C=O) groups excluding carboxylic acids is 1. The molecule has 2 heterocycles. The number of hydrogen-bond donors (Lipinski definition) is 3. The Morgan fingerprint density at radius 3 is 2.62 bits per heavy atom. The molecule has 14 heteroatoms. The van der Waals surface area contributed by atoms with Crippen LogP contribution in [0.2, 0.25) is 0 Å². The van der Waals surface area contributed by atoms with Crippen molar-refractivity contribution in [2.45, 2.75) is 31.5 Å². The van der Waals surface area contributed by atoms with Gasteiger partial charge in [0.1, 0.15) is 11.9 Å². The second-order valence-corrected chi connectivity index (χ2v) is 7.35. The van der Waals surface area contributed by atoms with Crippen LogP contribution < -0.4 is 10.7 Å². The fourth-order valence-corrected chi connectivity index (χ4v) is 3.38. The van der Waals surface area contributed by atoms with E-state index in [1.165, 1.54) is 6.92 Å². The van der Waals surface area contributed by atoms with Crippen LogP contribution in [0.5, 0.6) is 0 Å². The van der Waals surface area contributed by atoms with Gasteiger partial charge in [0.05, 0.1) is 23.0 Å². The van der Waals surface area contributed by atoms with E-state index in [0.717, 1.165) is 29.5 Å². The number of benzene rings is 1. The van der Waals surface area contributed by atoms with Gasteiger partial charge in [0.25, 0.3) is 11.8 Å². The first kappa shape index (κ1) is 24.9. The third-order valence-electron chi connectivity index (χ3n) is 5.20. The topological polar surface area (TPSA) is 106 Å². The van der Waals surface area contributed by atoms with Gasteiger partial charge in [0, 0.05) is 43.7 Å². The number of rotatable bonds is 7. The van der Waals surface area contributed by atoms with Gasteiger partial charge < -0.3 is 15.6 Å². The van der Waals surface area contributed by atoms with Crippen molar-refractivity contribution in [1.29, 1.82) is 5.41 Å². The molecule has 3 rings (SSSR count). The van der Waals surface area contributed by atoms with E-state index in [-0.39, 0.29) is 29.3 Å². The summed E-state index contributed by atoms with van der Waals surface area (Å²) < 4.78 is 81.2. The molecular formula is C20H19F6N7O. The molecule has 3 N–H and O–H groups in total. The minimum Gasteiger partial charge on any atom is -0.352 e. The lowest BCUT2D eigenvalue weighted by Gasteiger charge is -2.28. The quantitative estimate of drug-likeness (QED) is 0.312. The van der Waals surface area contributed by atoms with Gasteiger partial charge in [-0.3, -0.25) is 10.2 Å². The molecule has 0 spiro atoms. The number of likely N-dealkylation sites (tertiary alicyclic amines) is 1. The van der Waals surface area contributed by atoms with Crippen LogP contribution in [0.4, 0.5) is 38.0 Å². The summed E-state index contributed by atoms with van der Waals surface area (Å²) in [5.41, 5.74) is 1.21. The first-order valence-corrected chi connectivity index (χ1v) is 9.85. The van der Waals surface area contributed by atoms with Crippen LogP contribution in [0.15, 0.2) is 29.6 Å². The van der Waals surface area contributed by atoms with Gasteiger partial charge in [-0.25, -0.2) is 23.1 Å². The molecule has 0 bridgehead atoms. The standard InChI is InChI=1S/C20H19F6N7O/c1-11-14(21)3-2-13(16(11)32-31-6-5-27)17(34)33-7-4-19(22,23)15(33)10-30-18-28-8-12(9-29-18)20(24,25)26/h2-3,5-6,8-9,15,27,32H,4,7,10H2,1H3,(H,28,29,30)/b27-5?,31-6-/t15-/m1/s1. The highest BCUT2D eigenvalue weighted by molar-refractivity contribution is 6.14. The van der Waals surface area contributed by atoms with E-state index in [0.29, 0.717) is 12.4 Å². The van der Waals surface area contributed by atoms with Crippen molar-refractivity contribution in [2.75, 3.05) is 23.8 Å². The number of hydrogen-bond acceptors (Lipinski definition) is 7. The van der Waals surface area contributed by atoms with Crippen LogP contribution >= 0.6 is 0 Å². The first-order chi connectivity index (χ1) is 16.0. The molecule has 1 aliphatic heterocycles. The monoisotopic (exact) mass is 487 g/mol. The number of halogens is 6. The summed E-state index contributed by atoms with van der Waals surface area (Å²) in [7, 11) is 0. The Bertz CT molecular complexity index is 1090. The Balaban J connectivity index is 1.83. The Morgan fingerprint density at radius 1 is 1.32 bits per heavy atom. The molecule has 1 aromatic carbocycles. The van der Waals surface area contributed by atoms with E-state index in [4.69, 9.17) is 5.41 Å². The molecule has 0 saturated carbocycles. The molecule has 1 atom stereocenters. The highest BCUT2D eigenvalue weighted by Gasteiger charge is 2.51. The smallest absolute Gasteiger partial charge is 0.352 e. The SMILES string of the molecule is Cc1c(F)ccc(C(=O)N2CCC(F)(F)[C@H]2CNc2ncc(C(F)(F)F)cn2)c1N/N=C\C=N. The fraction of sp³-hybridized carbons (Fsp3) is 0.350. The number of nitrogens with one attached hydrogen (secondary N) is 3. The summed E-state index contributed by atoms with van der Waals surface area (Å²) in [5.74, 6) is -5.11. The van der Waals surface area contributed by atoms with E-state index in [1.54, 1.807) is 0 Å². The molecule has 1 fully saturated rings. The van der Waals surface area contributed by atoms with Crippen molar-refractivity contribution in [3.8, 4) is 0 Å². The Labute approximate surface area is 189 Å². The number of amides is 1. The van der Waals surface area contributed by atoms with E-state index in [1.807, 2.05) is 0 Å². The van der Waals surface area contributed by atoms with Gasteiger partial charge in [-0.1, -0.05) is 0 Å². The number of alkyl halides is 5. The Morgan fingerprint density at radius 2 is 2.00 bits per heavy atom. The lowest BCUT2D eigenvalue weighted by Crippen LogP contribution is -2.47. The van der Waals surface area contributed by atoms with Crippen LogP contribution in [-0.2, 0) is 6.18 Å². The van der Waals surface area contributed by atoms with E-state index in [9.17, 15) is 31.1 Å².